The van der Waals surface area contributed by atoms with Crippen LogP contribution in [-0.2, 0) is 18.7 Å². The second-order valence-electron chi connectivity index (χ2n) is 4.93. The van der Waals surface area contributed by atoms with E-state index in [2.05, 4.69) is 31.8 Å². The Labute approximate surface area is 138 Å². The first kappa shape index (κ1) is 15.2. The van der Waals surface area contributed by atoms with Crippen molar-refractivity contribution in [3.63, 3.8) is 0 Å². The van der Waals surface area contributed by atoms with Crippen LogP contribution in [0.3, 0.4) is 0 Å². The Morgan fingerprint density at radius 2 is 2.14 bits per heavy atom. The SMILES string of the molecule is CCCc1nc(CSc2nccn2Cc2ccccn2)cs1. The molecule has 0 spiro atoms. The first-order valence-corrected chi connectivity index (χ1v) is 9.19. The summed E-state index contributed by atoms with van der Waals surface area (Å²) in [6.07, 6.45) is 7.89. The molecule has 6 heteroatoms. The average molecular weight is 330 g/mol. The van der Waals surface area contributed by atoms with Crippen LogP contribution >= 0.6 is 23.1 Å². The number of thiazole rings is 1. The van der Waals surface area contributed by atoms with Gasteiger partial charge in [-0.25, -0.2) is 9.97 Å². The lowest BCUT2D eigenvalue weighted by Crippen LogP contribution is -2.02. The summed E-state index contributed by atoms with van der Waals surface area (Å²) in [4.78, 5) is 13.5. The molecule has 114 valence electrons. The summed E-state index contributed by atoms with van der Waals surface area (Å²) in [5.41, 5.74) is 2.19. The van der Waals surface area contributed by atoms with E-state index in [9.17, 15) is 0 Å². The molecular weight excluding hydrogens is 312 g/mol. The Morgan fingerprint density at radius 1 is 1.18 bits per heavy atom. The lowest BCUT2D eigenvalue weighted by Gasteiger charge is -2.06. The molecule has 0 aromatic carbocycles. The number of nitrogens with zero attached hydrogens (tertiary/aromatic N) is 4. The molecule has 0 radical (unpaired) electrons. The molecule has 0 aliphatic heterocycles. The summed E-state index contributed by atoms with van der Waals surface area (Å²) >= 11 is 3.48. The number of aryl methyl sites for hydroxylation is 1. The molecule has 22 heavy (non-hydrogen) atoms. The molecule has 0 aliphatic rings. The summed E-state index contributed by atoms with van der Waals surface area (Å²) in [6.45, 7) is 2.94. The topological polar surface area (TPSA) is 43.6 Å². The molecule has 0 saturated heterocycles. The molecule has 4 nitrogen and oxygen atoms in total. The van der Waals surface area contributed by atoms with Crippen LogP contribution in [0.15, 0.2) is 47.3 Å². The summed E-state index contributed by atoms with van der Waals surface area (Å²) in [5, 5.41) is 4.40. The van der Waals surface area contributed by atoms with E-state index < -0.39 is 0 Å². The van der Waals surface area contributed by atoms with Gasteiger partial charge in [0.15, 0.2) is 5.16 Å². The van der Waals surface area contributed by atoms with Gasteiger partial charge in [0.1, 0.15) is 0 Å². The fourth-order valence-corrected chi connectivity index (χ4v) is 3.96. The zero-order valence-electron chi connectivity index (χ0n) is 12.5. The molecule has 0 N–H and O–H groups in total. The number of thioether (sulfide) groups is 1. The second kappa shape index (κ2) is 7.56. The van der Waals surface area contributed by atoms with Gasteiger partial charge in [0.25, 0.3) is 0 Å². The summed E-state index contributed by atoms with van der Waals surface area (Å²) in [6, 6.07) is 5.98. The van der Waals surface area contributed by atoms with Gasteiger partial charge in [0.05, 0.1) is 22.9 Å². The van der Waals surface area contributed by atoms with Crippen molar-refractivity contribution in [2.45, 2.75) is 37.2 Å². The Hall–Kier alpha value is -1.66. The van der Waals surface area contributed by atoms with Gasteiger partial charge in [-0.2, -0.15) is 0 Å². The summed E-state index contributed by atoms with van der Waals surface area (Å²) in [5.74, 6) is 0.861. The van der Waals surface area contributed by atoms with Gasteiger partial charge in [0.2, 0.25) is 0 Å². The minimum Gasteiger partial charge on any atom is -0.320 e. The molecule has 0 amide bonds. The Balaban J connectivity index is 1.62. The Kier molecular flexibility index (Phi) is 5.24. The van der Waals surface area contributed by atoms with Crippen molar-refractivity contribution < 1.29 is 0 Å². The van der Waals surface area contributed by atoms with Gasteiger partial charge in [-0.3, -0.25) is 4.98 Å². The van der Waals surface area contributed by atoms with Crippen molar-refractivity contribution in [1.29, 1.82) is 0 Å². The van der Waals surface area contributed by atoms with Crippen LogP contribution in [0.25, 0.3) is 0 Å². The van der Waals surface area contributed by atoms with E-state index in [1.165, 1.54) is 5.01 Å². The number of hydrogen-bond acceptors (Lipinski definition) is 5. The number of aromatic nitrogens is 4. The van der Waals surface area contributed by atoms with Gasteiger partial charge >= 0.3 is 0 Å². The predicted molar refractivity (Wildman–Crippen MR) is 91.2 cm³/mol. The zero-order chi connectivity index (χ0) is 15.2. The van der Waals surface area contributed by atoms with Crippen molar-refractivity contribution in [3.05, 3.63) is 58.6 Å². The van der Waals surface area contributed by atoms with Crippen LogP contribution in [0.1, 0.15) is 29.7 Å². The van der Waals surface area contributed by atoms with E-state index in [0.717, 1.165) is 41.7 Å². The quantitative estimate of drug-likeness (QED) is 0.614. The van der Waals surface area contributed by atoms with Crippen molar-refractivity contribution >= 4 is 23.1 Å². The fourth-order valence-electron chi connectivity index (χ4n) is 2.10. The minimum atomic E-state index is 0.751. The van der Waals surface area contributed by atoms with E-state index in [1.54, 1.807) is 23.1 Å². The highest BCUT2D eigenvalue weighted by molar-refractivity contribution is 7.98. The average Bonchev–Trinajstić information content (AvgIpc) is 3.16. The van der Waals surface area contributed by atoms with Crippen LogP contribution in [-0.4, -0.2) is 19.5 Å². The van der Waals surface area contributed by atoms with Gasteiger partial charge < -0.3 is 4.57 Å². The molecule has 3 aromatic heterocycles. The normalized spacial score (nSPS) is 11.0. The van der Waals surface area contributed by atoms with E-state index >= 15 is 0 Å². The Morgan fingerprint density at radius 3 is 2.95 bits per heavy atom. The van der Waals surface area contributed by atoms with Gasteiger partial charge in [-0.15, -0.1) is 11.3 Å². The summed E-state index contributed by atoms with van der Waals surface area (Å²) < 4.78 is 2.13. The van der Waals surface area contributed by atoms with Gasteiger partial charge in [0, 0.05) is 29.7 Å². The molecule has 0 atom stereocenters. The highest BCUT2D eigenvalue weighted by Gasteiger charge is 2.07. The molecule has 0 unspecified atom stereocenters. The smallest absolute Gasteiger partial charge is 0.168 e. The fraction of sp³-hybridized carbons (Fsp3) is 0.312. The first-order valence-electron chi connectivity index (χ1n) is 7.32. The third kappa shape index (κ3) is 3.96. The molecule has 0 fully saturated rings. The molecule has 3 rings (SSSR count). The monoisotopic (exact) mass is 330 g/mol. The number of rotatable bonds is 7. The molecular formula is C16H18N4S2. The van der Waals surface area contributed by atoms with E-state index in [1.807, 2.05) is 36.8 Å². The van der Waals surface area contributed by atoms with Gasteiger partial charge in [-0.05, 0) is 25.0 Å². The van der Waals surface area contributed by atoms with E-state index in [4.69, 9.17) is 0 Å². The standard InChI is InChI=1S/C16H18N4S2/c1-2-5-15-19-14(11-21-15)12-22-16-18-8-9-20(16)10-13-6-3-4-7-17-13/h3-4,6-9,11H,2,5,10,12H2,1H3. The molecule has 3 aromatic rings. The van der Waals surface area contributed by atoms with Crippen molar-refractivity contribution in [2.75, 3.05) is 0 Å². The third-order valence-corrected chi connectivity index (χ3v) is 5.14. The maximum atomic E-state index is 4.66. The second-order valence-corrected chi connectivity index (χ2v) is 6.82. The van der Waals surface area contributed by atoms with Crippen LogP contribution in [0.2, 0.25) is 0 Å². The van der Waals surface area contributed by atoms with Crippen LogP contribution in [0, 0.1) is 0 Å². The van der Waals surface area contributed by atoms with Crippen molar-refractivity contribution in [1.82, 2.24) is 19.5 Å². The number of imidazole rings is 1. The number of hydrogen-bond donors (Lipinski definition) is 0. The number of pyridine rings is 1. The third-order valence-electron chi connectivity index (χ3n) is 3.15. The largest absolute Gasteiger partial charge is 0.320 e. The summed E-state index contributed by atoms with van der Waals surface area (Å²) in [7, 11) is 0. The van der Waals surface area contributed by atoms with Crippen LogP contribution < -0.4 is 0 Å². The maximum Gasteiger partial charge on any atom is 0.168 e. The first-order chi connectivity index (χ1) is 10.8. The molecule has 0 saturated carbocycles. The van der Waals surface area contributed by atoms with E-state index in [-0.39, 0.29) is 0 Å². The predicted octanol–water partition coefficient (Wildman–Crippen LogP) is 4.03. The minimum absolute atomic E-state index is 0.751. The zero-order valence-corrected chi connectivity index (χ0v) is 14.1. The van der Waals surface area contributed by atoms with Crippen LogP contribution in [0.4, 0.5) is 0 Å². The maximum absolute atomic E-state index is 4.66. The Bertz CT molecular complexity index is 706. The van der Waals surface area contributed by atoms with E-state index in [0.29, 0.717) is 0 Å². The van der Waals surface area contributed by atoms with Crippen molar-refractivity contribution in [2.24, 2.45) is 0 Å². The van der Waals surface area contributed by atoms with Crippen LogP contribution in [0.5, 0.6) is 0 Å². The lowest BCUT2D eigenvalue weighted by atomic mass is 10.3. The molecule has 0 aliphatic carbocycles. The van der Waals surface area contributed by atoms with Gasteiger partial charge in [-0.1, -0.05) is 24.8 Å². The molecule has 3 heterocycles. The highest BCUT2D eigenvalue weighted by Crippen LogP contribution is 2.23. The molecule has 0 bridgehead atoms. The van der Waals surface area contributed by atoms with Crippen molar-refractivity contribution in [3.8, 4) is 0 Å². The highest BCUT2D eigenvalue weighted by atomic mass is 32.2. The lowest BCUT2D eigenvalue weighted by molar-refractivity contribution is 0.693.